The smallest absolute Gasteiger partial charge is 0.169 e. The molecule has 0 saturated carbocycles. The Kier molecular flexibility index (Phi) is 3.72. The molecule has 0 unspecified atom stereocenters. The van der Waals surface area contributed by atoms with Crippen molar-refractivity contribution in [1.29, 1.82) is 5.26 Å². The van der Waals surface area contributed by atoms with E-state index >= 15 is 0 Å². The Bertz CT molecular complexity index is 642. The summed E-state index contributed by atoms with van der Waals surface area (Å²) in [5.74, 6) is 1.80. The molecule has 0 fully saturated rings. The minimum absolute atomic E-state index is 0.516. The van der Waals surface area contributed by atoms with E-state index in [1.165, 1.54) is 0 Å². The predicted molar refractivity (Wildman–Crippen MR) is 73.7 cm³/mol. The highest BCUT2D eigenvalue weighted by atomic mass is 16.5. The highest BCUT2D eigenvalue weighted by Crippen LogP contribution is 2.33. The zero-order valence-corrected chi connectivity index (χ0v) is 11.2. The molecular formula is C16H15NO2. The van der Waals surface area contributed by atoms with E-state index in [9.17, 15) is 0 Å². The molecule has 2 rings (SSSR count). The summed E-state index contributed by atoms with van der Waals surface area (Å²) in [6.45, 7) is 3.93. The van der Waals surface area contributed by atoms with E-state index in [-0.39, 0.29) is 0 Å². The number of aryl methyl sites for hydroxylation is 2. The Hall–Kier alpha value is -2.47. The summed E-state index contributed by atoms with van der Waals surface area (Å²) in [6, 6.07) is 13.3. The van der Waals surface area contributed by atoms with Crippen molar-refractivity contribution in [3.63, 3.8) is 0 Å². The maximum atomic E-state index is 9.13. The molecule has 3 nitrogen and oxygen atoms in total. The SMILES string of the molecule is COc1cc(C)ccc1Oc1ccc(C)cc1C#N. The minimum Gasteiger partial charge on any atom is -0.493 e. The number of methoxy groups -OCH3 is 1. The highest BCUT2D eigenvalue weighted by Gasteiger charge is 2.09. The fourth-order valence-electron chi connectivity index (χ4n) is 1.80. The van der Waals surface area contributed by atoms with Gasteiger partial charge in [-0.3, -0.25) is 0 Å². The Morgan fingerprint density at radius 2 is 1.53 bits per heavy atom. The zero-order valence-electron chi connectivity index (χ0n) is 11.2. The van der Waals surface area contributed by atoms with Crippen LogP contribution in [0.2, 0.25) is 0 Å². The van der Waals surface area contributed by atoms with Crippen LogP contribution in [0.3, 0.4) is 0 Å². The average Bonchev–Trinajstić information content (AvgIpc) is 2.42. The topological polar surface area (TPSA) is 42.2 Å². The molecule has 0 bridgehead atoms. The molecule has 96 valence electrons. The van der Waals surface area contributed by atoms with Gasteiger partial charge >= 0.3 is 0 Å². The first-order chi connectivity index (χ1) is 9.13. The second-order valence-electron chi connectivity index (χ2n) is 4.37. The first kappa shape index (κ1) is 13.0. The Morgan fingerprint density at radius 1 is 0.895 bits per heavy atom. The number of nitriles is 1. The molecule has 3 heteroatoms. The molecule has 0 aliphatic heterocycles. The van der Waals surface area contributed by atoms with Crippen molar-refractivity contribution >= 4 is 0 Å². The summed E-state index contributed by atoms with van der Waals surface area (Å²) >= 11 is 0. The largest absolute Gasteiger partial charge is 0.493 e. The number of nitrogens with zero attached hydrogens (tertiary/aromatic N) is 1. The maximum absolute atomic E-state index is 9.13. The molecule has 19 heavy (non-hydrogen) atoms. The molecule has 0 aromatic heterocycles. The average molecular weight is 253 g/mol. The van der Waals surface area contributed by atoms with Crippen LogP contribution in [0.15, 0.2) is 36.4 Å². The lowest BCUT2D eigenvalue weighted by Gasteiger charge is -2.12. The van der Waals surface area contributed by atoms with E-state index in [4.69, 9.17) is 14.7 Å². The van der Waals surface area contributed by atoms with Gasteiger partial charge in [0.2, 0.25) is 0 Å². The van der Waals surface area contributed by atoms with Gasteiger partial charge in [-0.25, -0.2) is 0 Å². The van der Waals surface area contributed by atoms with Crippen molar-refractivity contribution in [2.75, 3.05) is 7.11 Å². The highest BCUT2D eigenvalue weighted by molar-refractivity contribution is 5.50. The first-order valence-corrected chi connectivity index (χ1v) is 5.97. The number of benzene rings is 2. The van der Waals surface area contributed by atoms with Crippen molar-refractivity contribution in [3.05, 3.63) is 53.1 Å². The van der Waals surface area contributed by atoms with Crippen molar-refractivity contribution < 1.29 is 9.47 Å². The van der Waals surface area contributed by atoms with Gasteiger partial charge in [-0.15, -0.1) is 0 Å². The van der Waals surface area contributed by atoms with Crippen LogP contribution in [0.1, 0.15) is 16.7 Å². The van der Waals surface area contributed by atoms with Gasteiger partial charge in [0.05, 0.1) is 12.7 Å². The van der Waals surface area contributed by atoms with Gasteiger partial charge in [0.25, 0.3) is 0 Å². The van der Waals surface area contributed by atoms with Crippen LogP contribution in [-0.2, 0) is 0 Å². The van der Waals surface area contributed by atoms with Crippen molar-refractivity contribution in [1.82, 2.24) is 0 Å². The summed E-state index contributed by atoms with van der Waals surface area (Å²) in [5, 5.41) is 9.13. The van der Waals surface area contributed by atoms with Gasteiger partial charge in [0.1, 0.15) is 11.8 Å². The van der Waals surface area contributed by atoms with Gasteiger partial charge < -0.3 is 9.47 Å². The summed E-state index contributed by atoms with van der Waals surface area (Å²) in [7, 11) is 1.60. The molecule has 0 amide bonds. The van der Waals surface area contributed by atoms with Crippen LogP contribution >= 0.6 is 0 Å². The van der Waals surface area contributed by atoms with E-state index in [0.29, 0.717) is 22.8 Å². The second kappa shape index (κ2) is 5.45. The third kappa shape index (κ3) is 2.86. The number of hydrogen-bond acceptors (Lipinski definition) is 3. The second-order valence-corrected chi connectivity index (χ2v) is 4.37. The minimum atomic E-state index is 0.516. The standard InChI is InChI=1S/C16H15NO2/c1-11-4-6-14(13(8-11)10-17)19-15-7-5-12(2)9-16(15)18-3/h4-9H,1-3H3. The number of hydrogen-bond donors (Lipinski definition) is 0. The van der Waals surface area contributed by atoms with Gasteiger partial charge in [-0.05, 0) is 49.2 Å². The van der Waals surface area contributed by atoms with Gasteiger partial charge in [-0.1, -0.05) is 12.1 Å². The summed E-state index contributed by atoms with van der Waals surface area (Å²) in [4.78, 5) is 0. The monoisotopic (exact) mass is 253 g/mol. The lowest BCUT2D eigenvalue weighted by molar-refractivity contribution is 0.378. The lowest BCUT2D eigenvalue weighted by atomic mass is 10.1. The molecule has 0 radical (unpaired) electrons. The van der Waals surface area contributed by atoms with E-state index in [0.717, 1.165) is 11.1 Å². The Balaban J connectivity index is 2.39. The van der Waals surface area contributed by atoms with E-state index in [1.54, 1.807) is 19.2 Å². The molecule has 0 spiro atoms. The Labute approximate surface area is 113 Å². The summed E-state index contributed by atoms with van der Waals surface area (Å²) in [5.41, 5.74) is 2.64. The quantitative estimate of drug-likeness (QED) is 0.831. The van der Waals surface area contributed by atoms with Crippen LogP contribution in [0, 0.1) is 25.2 Å². The number of rotatable bonds is 3. The molecule has 0 aliphatic carbocycles. The third-order valence-electron chi connectivity index (χ3n) is 2.79. The third-order valence-corrected chi connectivity index (χ3v) is 2.79. The fourth-order valence-corrected chi connectivity index (χ4v) is 1.80. The molecule has 0 N–H and O–H groups in total. The van der Waals surface area contributed by atoms with Crippen molar-refractivity contribution in [3.8, 4) is 23.3 Å². The molecule has 0 heterocycles. The zero-order chi connectivity index (χ0) is 13.8. The van der Waals surface area contributed by atoms with Gasteiger partial charge in [0.15, 0.2) is 11.5 Å². The van der Waals surface area contributed by atoms with E-state index < -0.39 is 0 Å². The van der Waals surface area contributed by atoms with Crippen LogP contribution in [0.25, 0.3) is 0 Å². The maximum Gasteiger partial charge on any atom is 0.169 e. The van der Waals surface area contributed by atoms with Crippen molar-refractivity contribution in [2.24, 2.45) is 0 Å². The normalized spacial score (nSPS) is 9.79. The molecule has 0 aliphatic rings. The summed E-state index contributed by atoms with van der Waals surface area (Å²) < 4.78 is 11.1. The van der Waals surface area contributed by atoms with E-state index in [2.05, 4.69) is 6.07 Å². The molecule has 2 aromatic rings. The van der Waals surface area contributed by atoms with Crippen molar-refractivity contribution in [2.45, 2.75) is 13.8 Å². The van der Waals surface area contributed by atoms with Gasteiger partial charge in [0, 0.05) is 0 Å². The van der Waals surface area contributed by atoms with Crippen LogP contribution in [0.4, 0.5) is 0 Å². The molecule has 0 saturated heterocycles. The first-order valence-electron chi connectivity index (χ1n) is 5.97. The number of ether oxygens (including phenoxy) is 2. The molecule has 0 atom stereocenters. The Morgan fingerprint density at radius 3 is 2.16 bits per heavy atom. The van der Waals surface area contributed by atoms with Crippen LogP contribution in [0.5, 0.6) is 17.2 Å². The lowest BCUT2D eigenvalue weighted by Crippen LogP contribution is -1.93. The predicted octanol–water partition coefficient (Wildman–Crippen LogP) is 3.98. The molecular weight excluding hydrogens is 238 g/mol. The van der Waals surface area contributed by atoms with Crippen LogP contribution < -0.4 is 9.47 Å². The summed E-state index contributed by atoms with van der Waals surface area (Å²) in [6.07, 6.45) is 0. The van der Waals surface area contributed by atoms with Crippen LogP contribution in [-0.4, -0.2) is 7.11 Å². The van der Waals surface area contributed by atoms with Gasteiger partial charge in [-0.2, -0.15) is 5.26 Å². The van der Waals surface area contributed by atoms with E-state index in [1.807, 2.05) is 38.1 Å². The molecule has 2 aromatic carbocycles. The fraction of sp³-hybridized carbons (Fsp3) is 0.188.